The highest BCUT2D eigenvalue weighted by atomic mass is 35.5. The van der Waals surface area contributed by atoms with Gasteiger partial charge in [-0.2, -0.15) is 0 Å². The Balaban J connectivity index is 0.00000288. The zero-order valence-electron chi connectivity index (χ0n) is 15.6. The van der Waals surface area contributed by atoms with Gasteiger partial charge in [-0.05, 0) is 49.3 Å². The van der Waals surface area contributed by atoms with Crippen LogP contribution in [0.25, 0.3) is 0 Å². The first-order chi connectivity index (χ1) is 11.0. The molecule has 144 valence electrons. The third-order valence-corrected chi connectivity index (χ3v) is 5.21. The fraction of sp³-hybridized carbons (Fsp3) is 0.684. The van der Waals surface area contributed by atoms with Gasteiger partial charge in [0.05, 0.1) is 11.7 Å². The zero-order valence-corrected chi connectivity index (χ0v) is 17.2. The van der Waals surface area contributed by atoms with Crippen LogP contribution < -0.4 is 11.1 Å². The van der Waals surface area contributed by atoms with Gasteiger partial charge in [-0.25, -0.2) is 0 Å². The lowest BCUT2D eigenvalue weighted by molar-refractivity contribution is -0.125. The zero-order chi connectivity index (χ0) is 16.9. The average Bonchev–Trinajstić information content (AvgIpc) is 2.54. The van der Waals surface area contributed by atoms with Crippen LogP contribution >= 0.6 is 24.8 Å². The number of rotatable bonds is 6. The van der Waals surface area contributed by atoms with E-state index in [0.29, 0.717) is 18.9 Å². The Morgan fingerprint density at radius 2 is 1.92 bits per heavy atom. The Morgan fingerprint density at radius 3 is 2.44 bits per heavy atom. The number of hydrogen-bond donors (Lipinski definition) is 2. The summed E-state index contributed by atoms with van der Waals surface area (Å²) in [7, 11) is 0. The standard InChI is InChI=1S/C19H31N3O.2ClH/c1-14(2)17(18-15(3)8-7-11-21-18)22-16(23)12-19(13-20)9-5-4-6-10-19;;/h7-8,11,14,17H,4-6,9-10,12-13,20H2,1-3H3,(H,22,23);2*1H. The van der Waals surface area contributed by atoms with Crippen molar-refractivity contribution >= 4 is 30.7 Å². The molecule has 1 aliphatic rings. The molecule has 4 nitrogen and oxygen atoms in total. The van der Waals surface area contributed by atoms with Crippen LogP contribution in [0.1, 0.15) is 69.7 Å². The topological polar surface area (TPSA) is 68.0 Å². The first-order valence-corrected chi connectivity index (χ1v) is 8.88. The van der Waals surface area contributed by atoms with E-state index in [2.05, 4.69) is 24.1 Å². The molecule has 2 rings (SSSR count). The fourth-order valence-electron chi connectivity index (χ4n) is 3.69. The summed E-state index contributed by atoms with van der Waals surface area (Å²) in [6, 6.07) is 3.94. The number of carbonyl (C=O) groups is 1. The van der Waals surface area contributed by atoms with Gasteiger partial charge in [0.25, 0.3) is 0 Å². The Hall–Kier alpha value is -0.840. The molecular weight excluding hydrogens is 357 g/mol. The summed E-state index contributed by atoms with van der Waals surface area (Å²) in [5.74, 6) is 0.411. The first kappa shape index (κ1) is 24.2. The van der Waals surface area contributed by atoms with E-state index in [4.69, 9.17) is 5.73 Å². The maximum atomic E-state index is 12.7. The summed E-state index contributed by atoms with van der Waals surface area (Å²) in [5.41, 5.74) is 8.12. The number of pyridine rings is 1. The third kappa shape index (κ3) is 6.43. The molecule has 25 heavy (non-hydrogen) atoms. The summed E-state index contributed by atoms with van der Waals surface area (Å²) in [5, 5.41) is 3.22. The second kappa shape index (κ2) is 11.0. The van der Waals surface area contributed by atoms with Gasteiger partial charge < -0.3 is 11.1 Å². The van der Waals surface area contributed by atoms with Crippen LogP contribution in [0, 0.1) is 18.3 Å². The number of nitrogens with two attached hydrogens (primary N) is 1. The second-order valence-corrected chi connectivity index (χ2v) is 7.44. The number of halogens is 2. The first-order valence-electron chi connectivity index (χ1n) is 8.88. The molecule has 1 fully saturated rings. The minimum absolute atomic E-state index is 0. The number of hydrogen-bond acceptors (Lipinski definition) is 3. The predicted octanol–water partition coefficient (Wildman–Crippen LogP) is 4.35. The molecule has 1 heterocycles. The SMILES string of the molecule is Cc1cccnc1C(NC(=O)CC1(CN)CCCCC1)C(C)C.Cl.Cl. The largest absolute Gasteiger partial charge is 0.347 e. The van der Waals surface area contributed by atoms with Crippen LogP contribution in [-0.4, -0.2) is 17.4 Å². The summed E-state index contributed by atoms with van der Waals surface area (Å²) >= 11 is 0. The predicted molar refractivity (Wildman–Crippen MR) is 108 cm³/mol. The van der Waals surface area contributed by atoms with E-state index < -0.39 is 0 Å². The van der Waals surface area contributed by atoms with Crippen molar-refractivity contribution in [2.24, 2.45) is 17.1 Å². The Morgan fingerprint density at radius 1 is 1.28 bits per heavy atom. The molecule has 3 N–H and O–H groups in total. The van der Waals surface area contributed by atoms with E-state index in [0.717, 1.165) is 24.1 Å². The van der Waals surface area contributed by atoms with Gasteiger partial charge in [0.1, 0.15) is 0 Å². The average molecular weight is 390 g/mol. The molecule has 0 aromatic carbocycles. The summed E-state index contributed by atoms with van der Waals surface area (Å²) < 4.78 is 0. The van der Waals surface area contributed by atoms with Crippen molar-refractivity contribution in [2.45, 2.75) is 65.3 Å². The molecule has 6 heteroatoms. The molecule has 0 bridgehead atoms. The van der Waals surface area contributed by atoms with Gasteiger partial charge in [-0.3, -0.25) is 9.78 Å². The Bertz CT molecular complexity index is 531. The van der Waals surface area contributed by atoms with Crippen LogP contribution in [-0.2, 0) is 4.79 Å². The lowest BCUT2D eigenvalue weighted by Crippen LogP contribution is -2.40. The molecule has 1 amide bonds. The molecule has 0 radical (unpaired) electrons. The van der Waals surface area contributed by atoms with E-state index in [-0.39, 0.29) is 42.2 Å². The van der Waals surface area contributed by atoms with Crippen molar-refractivity contribution in [3.63, 3.8) is 0 Å². The van der Waals surface area contributed by atoms with Crippen LogP contribution in [0.2, 0.25) is 0 Å². The van der Waals surface area contributed by atoms with Crippen molar-refractivity contribution in [1.82, 2.24) is 10.3 Å². The minimum Gasteiger partial charge on any atom is -0.347 e. The molecule has 1 atom stereocenters. The van der Waals surface area contributed by atoms with Gasteiger partial charge in [-0.1, -0.05) is 39.2 Å². The van der Waals surface area contributed by atoms with Gasteiger partial charge in [0, 0.05) is 12.6 Å². The normalized spacial score (nSPS) is 17.2. The number of nitrogens with one attached hydrogen (secondary N) is 1. The number of amides is 1. The summed E-state index contributed by atoms with van der Waals surface area (Å²) in [6.07, 6.45) is 8.14. The molecule has 1 aromatic heterocycles. The molecular formula is C19H33Cl2N3O. The smallest absolute Gasteiger partial charge is 0.221 e. The Labute approximate surface area is 164 Å². The summed E-state index contributed by atoms with van der Waals surface area (Å²) in [6.45, 7) is 6.90. The van der Waals surface area contributed by atoms with Crippen LogP contribution in [0.15, 0.2) is 18.3 Å². The lowest BCUT2D eigenvalue weighted by atomic mass is 9.71. The molecule has 0 spiro atoms. The Kier molecular flexibility index (Phi) is 10.6. The highest BCUT2D eigenvalue weighted by Crippen LogP contribution is 2.38. The van der Waals surface area contributed by atoms with E-state index in [1.165, 1.54) is 19.3 Å². The molecule has 1 aliphatic carbocycles. The van der Waals surface area contributed by atoms with Crippen molar-refractivity contribution < 1.29 is 4.79 Å². The van der Waals surface area contributed by atoms with Crippen LogP contribution in [0.5, 0.6) is 0 Å². The van der Waals surface area contributed by atoms with Crippen molar-refractivity contribution in [3.8, 4) is 0 Å². The van der Waals surface area contributed by atoms with Crippen molar-refractivity contribution in [1.29, 1.82) is 0 Å². The monoisotopic (exact) mass is 389 g/mol. The van der Waals surface area contributed by atoms with E-state index >= 15 is 0 Å². The van der Waals surface area contributed by atoms with Crippen molar-refractivity contribution in [2.75, 3.05) is 6.54 Å². The van der Waals surface area contributed by atoms with E-state index in [1.54, 1.807) is 6.20 Å². The maximum Gasteiger partial charge on any atom is 0.221 e. The second-order valence-electron chi connectivity index (χ2n) is 7.44. The number of aromatic nitrogens is 1. The molecule has 1 unspecified atom stereocenters. The van der Waals surface area contributed by atoms with Crippen molar-refractivity contribution in [3.05, 3.63) is 29.6 Å². The minimum atomic E-state index is -0.0397. The fourth-order valence-corrected chi connectivity index (χ4v) is 3.69. The molecule has 0 aliphatic heterocycles. The summed E-state index contributed by atoms with van der Waals surface area (Å²) in [4.78, 5) is 17.2. The highest BCUT2D eigenvalue weighted by Gasteiger charge is 2.34. The van der Waals surface area contributed by atoms with E-state index in [1.807, 2.05) is 19.1 Å². The van der Waals surface area contributed by atoms with Crippen LogP contribution in [0.3, 0.4) is 0 Å². The van der Waals surface area contributed by atoms with E-state index in [9.17, 15) is 4.79 Å². The lowest BCUT2D eigenvalue weighted by Gasteiger charge is -2.36. The molecule has 0 saturated heterocycles. The maximum absolute atomic E-state index is 12.7. The number of carbonyl (C=O) groups excluding carboxylic acids is 1. The molecule has 1 saturated carbocycles. The number of nitrogens with zero attached hydrogens (tertiary/aromatic N) is 1. The van der Waals surface area contributed by atoms with Gasteiger partial charge in [-0.15, -0.1) is 24.8 Å². The number of aryl methyl sites for hydroxylation is 1. The van der Waals surface area contributed by atoms with Gasteiger partial charge in [0.15, 0.2) is 0 Å². The highest BCUT2D eigenvalue weighted by molar-refractivity contribution is 5.85. The molecule has 1 aromatic rings. The van der Waals surface area contributed by atoms with Gasteiger partial charge >= 0.3 is 0 Å². The third-order valence-electron chi connectivity index (χ3n) is 5.21. The quantitative estimate of drug-likeness (QED) is 0.759. The van der Waals surface area contributed by atoms with Crippen LogP contribution in [0.4, 0.5) is 0 Å². The van der Waals surface area contributed by atoms with Gasteiger partial charge in [0.2, 0.25) is 5.91 Å².